The zero-order valence-corrected chi connectivity index (χ0v) is 15.4. The number of piperidine rings is 1. The molecule has 3 rings (SSSR count). The number of imidazole rings is 1. The summed E-state index contributed by atoms with van der Waals surface area (Å²) in [5.41, 5.74) is 2.21. The zero-order chi connectivity index (χ0) is 17.6. The maximum absolute atomic E-state index is 12.7. The summed E-state index contributed by atoms with van der Waals surface area (Å²) in [6.07, 6.45) is 11.6. The van der Waals surface area contributed by atoms with Gasteiger partial charge in [-0.15, -0.1) is 0 Å². The number of aryl methyl sites for hydroxylation is 4. The van der Waals surface area contributed by atoms with Gasteiger partial charge in [0.1, 0.15) is 0 Å². The predicted octanol–water partition coefficient (Wildman–Crippen LogP) is 2.95. The molecule has 0 unspecified atom stereocenters. The fraction of sp³-hybridized carbons (Fsp3) is 0.632. The van der Waals surface area contributed by atoms with Crippen LogP contribution in [0.2, 0.25) is 0 Å². The van der Waals surface area contributed by atoms with Crippen molar-refractivity contribution in [3.05, 3.63) is 36.2 Å². The zero-order valence-electron chi connectivity index (χ0n) is 15.4. The lowest BCUT2D eigenvalue weighted by Crippen LogP contribution is -2.44. The summed E-state index contributed by atoms with van der Waals surface area (Å²) in [5.74, 6) is 0.303. The smallest absolute Gasteiger partial charge is 0.222 e. The highest BCUT2D eigenvalue weighted by Crippen LogP contribution is 2.21. The summed E-state index contributed by atoms with van der Waals surface area (Å²) in [4.78, 5) is 18.9. The third-order valence-electron chi connectivity index (χ3n) is 5.09. The van der Waals surface area contributed by atoms with Crippen molar-refractivity contribution in [2.45, 2.75) is 71.5 Å². The van der Waals surface area contributed by atoms with E-state index in [-0.39, 0.29) is 0 Å². The Morgan fingerprint density at radius 2 is 2.16 bits per heavy atom. The van der Waals surface area contributed by atoms with Gasteiger partial charge in [-0.05, 0) is 52.0 Å². The third-order valence-corrected chi connectivity index (χ3v) is 5.09. The van der Waals surface area contributed by atoms with Gasteiger partial charge in [-0.25, -0.2) is 4.98 Å². The van der Waals surface area contributed by atoms with E-state index in [1.807, 2.05) is 30.3 Å². The average Bonchev–Trinajstić information content (AvgIpc) is 3.23. The van der Waals surface area contributed by atoms with Crippen LogP contribution in [0.15, 0.2) is 24.8 Å². The topological polar surface area (TPSA) is 56.0 Å². The molecule has 6 heteroatoms. The monoisotopic (exact) mass is 343 g/mol. The van der Waals surface area contributed by atoms with Crippen LogP contribution in [0.4, 0.5) is 0 Å². The standard InChI is InChI=1S/C19H29N5O/c1-16-14-17(2)24(21-16)11-5-7-19(25)23-10-4-3-6-18(23)8-12-22-13-9-20-15-22/h9,13-15,18H,3-8,10-12H2,1-2H3/t18-/m0/s1. The second-order valence-corrected chi connectivity index (χ2v) is 7.08. The highest BCUT2D eigenvalue weighted by atomic mass is 16.2. The molecule has 0 N–H and O–H groups in total. The molecule has 1 saturated heterocycles. The van der Waals surface area contributed by atoms with Crippen LogP contribution in [0.25, 0.3) is 0 Å². The number of rotatable bonds is 7. The summed E-state index contributed by atoms with van der Waals surface area (Å²) >= 11 is 0. The van der Waals surface area contributed by atoms with Crippen molar-refractivity contribution in [1.82, 2.24) is 24.2 Å². The van der Waals surface area contributed by atoms with Crippen molar-refractivity contribution in [2.75, 3.05) is 6.54 Å². The van der Waals surface area contributed by atoms with Crippen LogP contribution in [-0.2, 0) is 17.9 Å². The SMILES string of the molecule is Cc1cc(C)n(CCCC(=O)N2CCCC[C@H]2CCn2ccnc2)n1. The second kappa shape index (κ2) is 8.32. The molecule has 1 atom stereocenters. The molecule has 136 valence electrons. The van der Waals surface area contributed by atoms with Crippen molar-refractivity contribution >= 4 is 5.91 Å². The Balaban J connectivity index is 1.49. The molecule has 0 radical (unpaired) electrons. The van der Waals surface area contributed by atoms with Gasteiger partial charge >= 0.3 is 0 Å². The van der Waals surface area contributed by atoms with Gasteiger partial charge in [0.25, 0.3) is 0 Å². The van der Waals surface area contributed by atoms with Gasteiger partial charge in [-0.3, -0.25) is 9.48 Å². The van der Waals surface area contributed by atoms with E-state index in [0.29, 0.717) is 18.4 Å². The molecule has 0 aromatic carbocycles. The molecule has 1 amide bonds. The van der Waals surface area contributed by atoms with E-state index in [1.165, 1.54) is 12.1 Å². The lowest BCUT2D eigenvalue weighted by molar-refractivity contribution is -0.135. The molecule has 0 spiro atoms. The molecule has 3 heterocycles. The van der Waals surface area contributed by atoms with E-state index in [0.717, 1.165) is 51.0 Å². The molecule has 2 aromatic heterocycles. The number of nitrogens with zero attached hydrogens (tertiary/aromatic N) is 5. The van der Waals surface area contributed by atoms with Crippen LogP contribution < -0.4 is 0 Å². The normalized spacial score (nSPS) is 17.8. The summed E-state index contributed by atoms with van der Waals surface area (Å²) in [7, 11) is 0. The number of likely N-dealkylation sites (tertiary alicyclic amines) is 1. The quantitative estimate of drug-likeness (QED) is 0.777. The van der Waals surface area contributed by atoms with Crippen molar-refractivity contribution in [3.8, 4) is 0 Å². The molecule has 1 fully saturated rings. The molecule has 0 aliphatic carbocycles. The number of aromatic nitrogens is 4. The molecule has 1 aliphatic rings. The van der Waals surface area contributed by atoms with E-state index < -0.39 is 0 Å². The van der Waals surface area contributed by atoms with Crippen molar-refractivity contribution in [2.24, 2.45) is 0 Å². The molecule has 0 saturated carbocycles. The Kier molecular flexibility index (Phi) is 5.89. The summed E-state index contributed by atoms with van der Waals surface area (Å²) in [6, 6.07) is 2.45. The molecule has 25 heavy (non-hydrogen) atoms. The van der Waals surface area contributed by atoms with Crippen molar-refractivity contribution in [1.29, 1.82) is 0 Å². The highest BCUT2D eigenvalue weighted by Gasteiger charge is 2.26. The minimum atomic E-state index is 0.303. The molecule has 1 aliphatic heterocycles. The Hall–Kier alpha value is -2.11. The van der Waals surface area contributed by atoms with Crippen LogP contribution in [0.1, 0.15) is 49.9 Å². The van der Waals surface area contributed by atoms with E-state index >= 15 is 0 Å². The van der Waals surface area contributed by atoms with Crippen LogP contribution in [-0.4, -0.2) is 42.7 Å². The van der Waals surface area contributed by atoms with Gasteiger partial charge in [0.2, 0.25) is 5.91 Å². The van der Waals surface area contributed by atoms with Gasteiger partial charge in [-0.2, -0.15) is 5.10 Å². The average molecular weight is 343 g/mol. The fourth-order valence-corrected chi connectivity index (χ4v) is 3.77. The van der Waals surface area contributed by atoms with Gasteiger partial charge in [0.05, 0.1) is 12.0 Å². The Bertz CT molecular complexity index is 676. The predicted molar refractivity (Wildman–Crippen MR) is 97.1 cm³/mol. The first-order valence-electron chi connectivity index (χ1n) is 9.40. The molecular formula is C19H29N5O. The molecular weight excluding hydrogens is 314 g/mol. The van der Waals surface area contributed by atoms with Crippen LogP contribution in [0.5, 0.6) is 0 Å². The maximum atomic E-state index is 12.7. The second-order valence-electron chi connectivity index (χ2n) is 7.08. The van der Waals surface area contributed by atoms with Crippen LogP contribution in [0.3, 0.4) is 0 Å². The number of hydrogen-bond acceptors (Lipinski definition) is 3. The Morgan fingerprint density at radius 3 is 2.88 bits per heavy atom. The van der Waals surface area contributed by atoms with Gasteiger partial charge in [0.15, 0.2) is 0 Å². The van der Waals surface area contributed by atoms with Gasteiger partial charge in [-0.1, -0.05) is 0 Å². The van der Waals surface area contributed by atoms with E-state index in [4.69, 9.17) is 0 Å². The van der Waals surface area contributed by atoms with Crippen molar-refractivity contribution in [3.63, 3.8) is 0 Å². The van der Waals surface area contributed by atoms with E-state index in [1.54, 1.807) is 0 Å². The summed E-state index contributed by atoms with van der Waals surface area (Å²) in [5, 5.41) is 4.48. The van der Waals surface area contributed by atoms with Gasteiger partial charge in [0, 0.05) is 50.2 Å². The Morgan fingerprint density at radius 1 is 1.28 bits per heavy atom. The number of hydrogen-bond donors (Lipinski definition) is 0. The van der Waals surface area contributed by atoms with Crippen molar-refractivity contribution < 1.29 is 4.79 Å². The molecule has 2 aromatic rings. The van der Waals surface area contributed by atoms with E-state index in [9.17, 15) is 4.79 Å². The third kappa shape index (κ3) is 4.71. The summed E-state index contributed by atoms with van der Waals surface area (Å²) < 4.78 is 4.11. The largest absolute Gasteiger partial charge is 0.340 e. The fourth-order valence-electron chi connectivity index (χ4n) is 3.77. The maximum Gasteiger partial charge on any atom is 0.222 e. The minimum absolute atomic E-state index is 0.303. The van der Waals surface area contributed by atoms with Gasteiger partial charge < -0.3 is 9.47 Å². The first kappa shape index (κ1) is 17.7. The molecule has 6 nitrogen and oxygen atoms in total. The Labute approximate surface area is 149 Å². The first-order chi connectivity index (χ1) is 12.1. The van der Waals surface area contributed by atoms with Crippen LogP contribution in [0, 0.1) is 13.8 Å². The number of amides is 1. The molecule has 0 bridgehead atoms. The van der Waals surface area contributed by atoms with E-state index in [2.05, 4.69) is 32.5 Å². The highest BCUT2D eigenvalue weighted by molar-refractivity contribution is 5.76. The lowest BCUT2D eigenvalue weighted by Gasteiger charge is -2.36. The first-order valence-corrected chi connectivity index (χ1v) is 9.40. The summed E-state index contributed by atoms with van der Waals surface area (Å²) in [6.45, 7) is 6.73. The lowest BCUT2D eigenvalue weighted by atomic mass is 9.98. The number of carbonyl (C=O) groups excluding carboxylic acids is 1. The number of carbonyl (C=O) groups is 1. The minimum Gasteiger partial charge on any atom is -0.340 e. The van der Waals surface area contributed by atoms with Crippen LogP contribution >= 0.6 is 0 Å².